The van der Waals surface area contributed by atoms with Gasteiger partial charge in [0.15, 0.2) is 10.8 Å². The van der Waals surface area contributed by atoms with E-state index in [1.165, 1.54) is 19.2 Å². The number of fused-ring (bicyclic) bond motifs is 1. The number of hydrogen-bond acceptors (Lipinski definition) is 14. The SMILES string of the molecule is C[n+]1cc(-c2ccc3c(c2)OCC(CO/N=C(\C(=O)N[C@@H]2C(=O)N(OS(=O)(=O)[O-])C2(C)C)c2csc(N)n2)C3)ccc1NCCN. The number of benzene rings is 1. The van der Waals surface area contributed by atoms with Crippen molar-refractivity contribution < 1.29 is 41.0 Å². The first-order valence-corrected chi connectivity index (χ1v) is 16.4. The fourth-order valence-electron chi connectivity index (χ4n) is 5.11. The van der Waals surface area contributed by atoms with E-state index in [0.717, 1.165) is 39.6 Å². The second kappa shape index (κ2) is 13.2. The van der Waals surface area contributed by atoms with Gasteiger partial charge in [-0.2, -0.15) is 9.35 Å². The zero-order valence-corrected chi connectivity index (χ0v) is 26.9. The molecule has 18 heteroatoms. The highest BCUT2D eigenvalue weighted by Gasteiger charge is 2.57. The van der Waals surface area contributed by atoms with E-state index in [9.17, 15) is 22.6 Å². The number of nitrogen functional groups attached to an aromatic ring is 1. The highest BCUT2D eigenvalue weighted by molar-refractivity contribution is 7.80. The molecule has 246 valence electrons. The lowest BCUT2D eigenvalue weighted by Gasteiger charge is -2.51. The van der Waals surface area contributed by atoms with Crippen LogP contribution in [0.25, 0.3) is 11.1 Å². The summed E-state index contributed by atoms with van der Waals surface area (Å²) < 4.78 is 45.3. The standard InChI is InChI=1S/C28H34N8O8S2/c1-28(2)24(26(38)36(28)44-46(39,40)41)33-25(37)23(20-15-45-27(30)32-20)34-43-14-16-10-18-5-4-17(11-21(18)42-13-16)19-6-7-22(31-9-8-29)35(3)12-19/h4-7,11-12,15-16,24H,8-10,13-14,29H2,1-3H3,(H4,30,32,33,37,39,40,41)/b34-23-/t16?,24-/m1/s1. The van der Waals surface area contributed by atoms with E-state index in [-0.39, 0.29) is 29.1 Å². The van der Waals surface area contributed by atoms with Gasteiger partial charge in [0.2, 0.25) is 10.4 Å². The highest BCUT2D eigenvalue weighted by atomic mass is 32.3. The lowest BCUT2D eigenvalue weighted by molar-refractivity contribution is -0.656. The van der Waals surface area contributed by atoms with E-state index in [4.69, 9.17) is 21.0 Å². The van der Waals surface area contributed by atoms with Gasteiger partial charge >= 0.3 is 0 Å². The predicted octanol–water partition coefficient (Wildman–Crippen LogP) is 0.0568. The van der Waals surface area contributed by atoms with Gasteiger partial charge in [-0.1, -0.05) is 17.3 Å². The largest absolute Gasteiger partial charge is 0.724 e. The number of thiazole rings is 1. The molecule has 0 radical (unpaired) electrons. The summed E-state index contributed by atoms with van der Waals surface area (Å²) >= 11 is 1.08. The van der Waals surface area contributed by atoms with E-state index >= 15 is 0 Å². The van der Waals surface area contributed by atoms with Gasteiger partial charge in [-0.3, -0.25) is 14.9 Å². The van der Waals surface area contributed by atoms with Gasteiger partial charge < -0.3 is 30.9 Å². The van der Waals surface area contributed by atoms with Crippen molar-refractivity contribution >= 4 is 50.2 Å². The zero-order chi connectivity index (χ0) is 33.2. The molecule has 0 saturated carbocycles. The van der Waals surface area contributed by atoms with E-state index in [2.05, 4.69) is 25.1 Å². The second-order valence-corrected chi connectivity index (χ2v) is 13.2. The molecule has 3 aromatic rings. The van der Waals surface area contributed by atoms with Crippen LogP contribution >= 0.6 is 11.3 Å². The smallest absolute Gasteiger partial charge is 0.276 e. The summed E-state index contributed by atoms with van der Waals surface area (Å²) in [5.41, 5.74) is 12.9. The predicted molar refractivity (Wildman–Crippen MR) is 166 cm³/mol. The highest BCUT2D eigenvalue weighted by Crippen LogP contribution is 2.34. The monoisotopic (exact) mass is 674 g/mol. The number of rotatable bonds is 12. The third kappa shape index (κ3) is 7.20. The van der Waals surface area contributed by atoms with Crippen molar-refractivity contribution in [2.75, 3.05) is 37.4 Å². The van der Waals surface area contributed by atoms with Gasteiger partial charge in [0.1, 0.15) is 24.1 Å². The number of oxime groups is 1. The normalized spacial score (nSPS) is 19.1. The van der Waals surface area contributed by atoms with E-state index in [0.29, 0.717) is 31.2 Å². The van der Waals surface area contributed by atoms with Crippen LogP contribution in [-0.2, 0) is 42.6 Å². The molecule has 0 spiro atoms. The summed E-state index contributed by atoms with van der Waals surface area (Å²) in [5, 5.41) is 11.9. The number of amides is 2. The maximum absolute atomic E-state index is 13.2. The fourth-order valence-corrected chi connectivity index (χ4v) is 6.10. The van der Waals surface area contributed by atoms with Gasteiger partial charge in [0.05, 0.1) is 31.9 Å². The maximum atomic E-state index is 13.2. The maximum Gasteiger partial charge on any atom is 0.276 e. The first-order valence-electron chi connectivity index (χ1n) is 14.2. The Bertz CT molecular complexity index is 1780. The van der Waals surface area contributed by atoms with Gasteiger partial charge in [-0.05, 0) is 43.5 Å². The molecule has 1 aromatic carbocycles. The Kier molecular flexibility index (Phi) is 9.45. The van der Waals surface area contributed by atoms with Crippen LogP contribution in [0, 0.1) is 5.92 Å². The molecule has 2 aromatic heterocycles. The summed E-state index contributed by atoms with van der Waals surface area (Å²) in [5.74, 6) is -0.0932. The van der Waals surface area contributed by atoms with Crippen molar-refractivity contribution in [2.45, 2.75) is 31.8 Å². The fraction of sp³-hybridized carbons (Fsp3) is 0.393. The number of aromatic nitrogens is 2. The average molecular weight is 675 g/mol. The molecular formula is C28H34N8O8S2. The Morgan fingerprint density at radius 2 is 2.07 bits per heavy atom. The number of nitrogens with two attached hydrogens (primary N) is 2. The molecule has 0 bridgehead atoms. The van der Waals surface area contributed by atoms with E-state index < -0.39 is 33.8 Å². The zero-order valence-electron chi connectivity index (χ0n) is 25.3. The van der Waals surface area contributed by atoms with Crippen LogP contribution in [0.4, 0.5) is 10.9 Å². The number of ether oxygens (including phenoxy) is 1. The molecule has 46 heavy (non-hydrogen) atoms. The van der Waals surface area contributed by atoms with Gasteiger partial charge in [-0.15, -0.1) is 11.3 Å². The third-order valence-corrected chi connectivity index (χ3v) is 8.54. The topological polar surface area (TPSA) is 228 Å². The Labute approximate surface area is 269 Å². The molecule has 2 aliphatic heterocycles. The van der Waals surface area contributed by atoms with Crippen molar-refractivity contribution in [3.05, 3.63) is 53.2 Å². The van der Waals surface area contributed by atoms with Gasteiger partial charge in [0.25, 0.3) is 17.6 Å². The van der Waals surface area contributed by atoms with E-state index in [1.807, 2.05) is 48.1 Å². The lowest BCUT2D eigenvalue weighted by Crippen LogP contribution is -2.76. The molecular weight excluding hydrogens is 640 g/mol. The van der Waals surface area contributed by atoms with Crippen molar-refractivity contribution in [1.82, 2.24) is 15.4 Å². The number of carbonyl (C=O) groups excluding carboxylic acids is 2. The number of nitrogens with one attached hydrogen (secondary N) is 2. The Morgan fingerprint density at radius 1 is 1.30 bits per heavy atom. The number of anilines is 2. The lowest BCUT2D eigenvalue weighted by atomic mass is 9.84. The Balaban J connectivity index is 1.23. The minimum absolute atomic E-state index is 0.0792. The molecule has 4 heterocycles. The van der Waals surface area contributed by atoms with Crippen molar-refractivity contribution in [2.24, 2.45) is 23.9 Å². The summed E-state index contributed by atoms with van der Waals surface area (Å²) in [6, 6.07) is 8.87. The third-order valence-electron chi connectivity index (χ3n) is 7.53. The average Bonchev–Trinajstić information content (AvgIpc) is 3.44. The minimum Gasteiger partial charge on any atom is -0.724 e. The molecule has 0 aliphatic carbocycles. The summed E-state index contributed by atoms with van der Waals surface area (Å²) in [6.07, 6.45) is 2.68. The molecule has 1 saturated heterocycles. The van der Waals surface area contributed by atoms with Crippen LogP contribution < -0.4 is 31.4 Å². The van der Waals surface area contributed by atoms with Crippen LogP contribution in [0.2, 0.25) is 0 Å². The van der Waals surface area contributed by atoms with Crippen molar-refractivity contribution in [1.29, 1.82) is 0 Å². The molecule has 1 unspecified atom stereocenters. The van der Waals surface area contributed by atoms with Crippen LogP contribution in [0.1, 0.15) is 25.1 Å². The molecule has 1 fully saturated rings. The van der Waals surface area contributed by atoms with Gasteiger partial charge in [-0.25, -0.2) is 18.0 Å². The molecule has 2 aliphatic rings. The first kappa shape index (κ1) is 33.0. The first-order chi connectivity index (χ1) is 21.8. The minimum atomic E-state index is -5.20. The number of pyridine rings is 1. The molecule has 6 N–H and O–H groups in total. The number of nitrogens with zero attached hydrogens (tertiary/aromatic N) is 4. The van der Waals surface area contributed by atoms with Crippen LogP contribution in [0.15, 0.2) is 47.1 Å². The Morgan fingerprint density at radius 3 is 2.72 bits per heavy atom. The quantitative estimate of drug-likeness (QED) is 0.0499. The number of hydroxylamine groups is 2. The number of aryl methyl sites for hydroxylation is 1. The number of carbonyl (C=O) groups is 2. The summed E-state index contributed by atoms with van der Waals surface area (Å²) in [7, 11) is -3.24. The molecule has 5 rings (SSSR count). The molecule has 2 atom stereocenters. The number of β-lactam (4-membered cyclic amide) rings is 1. The van der Waals surface area contributed by atoms with Crippen LogP contribution in [0.5, 0.6) is 5.75 Å². The van der Waals surface area contributed by atoms with Crippen LogP contribution in [0.3, 0.4) is 0 Å². The van der Waals surface area contributed by atoms with Crippen molar-refractivity contribution in [3.8, 4) is 16.9 Å². The summed E-state index contributed by atoms with van der Waals surface area (Å²) in [6.45, 7) is 4.52. The second-order valence-electron chi connectivity index (χ2n) is 11.3. The summed E-state index contributed by atoms with van der Waals surface area (Å²) in [4.78, 5) is 35.4. The van der Waals surface area contributed by atoms with E-state index in [1.54, 1.807) is 0 Å². The van der Waals surface area contributed by atoms with Crippen LogP contribution in [-0.4, -0.2) is 78.4 Å². The Hall–Kier alpha value is -4.36. The van der Waals surface area contributed by atoms with Crippen molar-refractivity contribution in [3.63, 3.8) is 0 Å². The molecule has 16 nitrogen and oxygen atoms in total. The van der Waals surface area contributed by atoms with Gasteiger partial charge in [0, 0.05) is 29.5 Å². The molecule has 2 amide bonds. The number of hydrogen-bond donors (Lipinski definition) is 4.